The number of benzene rings is 1. The minimum atomic E-state index is -4.85. The second-order valence-corrected chi connectivity index (χ2v) is 7.28. The first-order valence-corrected chi connectivity index (χ1v) is 8.10. The topological polar surface area (TPSA) is 53.8 Å². The number of hydrogen-bond donors (Lipinski definition) is 1. The fourth-order valence-electron chi connectivity index (χ4n) is 4.01. The van der Waals surface area contributed by atoms with E-state index in [1.165, 1.54) is 6.92 Å². The maximum Gasteiger partial charge on any atom is 0.428 e. The average molecular weight is 351 g/mol. The van der Waals surface area contributed by atoms with Crippen molar-refractivity contribution in [1.82, 2.24) is 5.32 Å². The van der Waals surface area contributed by atoms with Crippen LogP contribution in [0.25, 0.3) is 0 Å². The average Bonchev–Trinajstić information content (AvgIpc) is 3.01. The first kappa shape index (κ1) is 17.6. The number of amides is 1. The van der Waals surface area contributed by atoms with Crippen LogP contribution in [0.3, 0.4) is 0 Å². The lowest BCUT2D eigenvalue weighted by molar-refractivity contribution is -0.183. The van der Waals surface area contributed by atoms with E-state index in [-0.39, 0.29) is 11.5 Å². The zero-order chi connectivity index (χ0) is 18.6. The Hall–Kier alpha value is -2.18. The summed E-state index contributed by atoms with van der Waals surface area (Å²) >= 11 is 0. The summed E-state index contributed by atoms with van der Waals surface area (Å²) in [6.07, 6.45) is -3.86. The molecule has 1 aliphatic heterocycles. The molecule has 1 aromatic rings. The quantitative estimate of drug-likeness (QED) is 0.851. The monoisotopic (exact) mass is 351 g/mol. The fourth-order valence-corrected chi connectivity index (χ4v) is 4.01. The number of hydrogen-bond acceptors (Lipinski definition) is 3. The van der Waals surface area contributed by atoms with Crippen molar-refractivity contribution in [2.24, 2.45) is 10.2 Å². The van der Waals surface area contributed by atoms with Crippen molar-refractivity contribution in [3.8, 4) is 0 Å². The predicted octanol–water partition coefficient (Wildman–Crippen LogP) is 4.24. The van der Waals surface area contributed by atoms with E-state index in [2.05, 4.69) is 15.5 Å². The minimum absolute atomic E-state index is 0.108. The number of halogens is 3. The molecule has 0 saturated carbocycles. The van der Waals surface area contributed by atoms with Crippen molar-refractivity contribution >= 4 is 5.91 Å². The zero-order valence-electron chi connectivity index (χ0n) is 14.5. The molecule has 7 heteroatoms. The molecule has 3 rings (SSSR count). The van der Waals surface area contributed by atoms with E-state index in [0.717, 1.165) is 17.3 Å². The molecule has 0 spiro atoms. The van der Waals surface area contributed by atoms with Gasteiger partial charge in [-0.15, -0.1) is 0 Å². The van der Waals surface area contributed by atoms with Crippen LogP contribution in [0.1, 0.15) is 44.7 Å². The Morgan fingerprint density at radius 2 is 1.88 bits per heavy atom. The molecule has 25 heavy (non-hydrogen) atoms. The molecule has 0 radical (unpaired) electrons. The molecule has 1 aromatic carbocycles. The highest BCUT2D eigenvalue weighted by Crippen LogP contribution is 2.47. The maximum atomic E-state index is 13.7. The number of nitrogens with zero attached hydrogens (tertiary/aromatic N) is 2. The molecule has 1 heterocycles. The molecule has 0 fully saturated rings. The third-order valence-corrected chi connectivity index (χ3v) is 5.48. The molecular weight excluding hydrogens is 331 g/mol. The Bertz CT molecular complexity index is 782. The van der Waals surface area contributed by atoms with Crippen molar-refractivity contribution in [2.75, 3.05) is 0 Å². The highest BCUT2D eigenvalue weighted by molar-refractivity contribution is 5.92. The van der Waals surface area contributed by atoms with Gasteiger partial charge in [0.1, 0.15) is 0 Å². The number of azo groups is 1. The van der Waals surface area contributed by atoms with Gasteiger partial charge in [0.25, 0.3) is 11.4 Å². The molecule has 1 amide bonds. The van der Waals surface area contributed by atoms with Crippen LogP contribution in [-0.2, 0) is 10.2 Å². The summed E-state index contributed by atoms with van der Waals surface area (Å²) in [4.78, 5) is 12.7. The van der Waals surface area contributed by atoms with Gasteiger partial charge in [-0.05, 0) is 23.6 Å². The summed E-state index contributed by atoms with van der Waals surface area (Å²) in [7, 11) is 0. The van der Waals surface area contributed by atoms with Crippen LogP contribution < -0.4 is 5.32 Å². The summed E-state index contributed by atoms with van der Waals surface area (Å²) < 4.78 is 41.1. The highest BCUT2D eigenvalue weighted by Gasteiger charge is 2.65. The van der Waals surface area contributed by atoms with Crippen LogP contribution in [0.5, 0.6) is 0 Å². The van der Waals surface area contributed by atoms with Crippen LogP contribution in [0, 0.1) is 0 Å². The Morgan fingerprint density at radius 1 is 1.24 bits per heavy atom. The van der Waals surface area contributed by atoms with Gasteiger partial charge in [-0.3, -0.25) is 4.79 Å². The molecular formula is C18H20F3N3O. The predicted molar refractivity (Wildman–Crippen MR) is 87.2 cm³/mol. The van der Waals surface area contributed by atoms with Gasteiger partial charge in [-0.1, -0.05) is 45.0 Å². The molecule has 1 aliphatic carbocycles. The van der Waals surface area contributed by atoms with Crippen molar-refractivity contribution in [1.29, 1.82) is 0 Å². The molecule has 0 saturated heterocycles. The van der Waals surface area contributed by atoms with Gasteiger partial charge in [0.15, 0.2) is 0 Å². The summed E-state index contributed by atoms with van der Waals surface area (Å²) in [5.41, 5.74) is -1.57. The molecule has 4 nitrogen and oxygen atoms in total. The van der Waals surface area contributed by atoms with Crippen LogP contribution in [0.4, 0.5) is 13.2 Å². The van der Waals surface area contributed by atoms with E-state index in [1.807, 2.05) is 45.0 Å². The third kappa shape index (κ3) is 2.32. The highest BCUT2D eigenvalue weighted by atomic mass is 19.4. The van der Waals surface area contributed by atoms with E-state index >= 15 is 0 Å². The molecule has 134 valence electrons. The molecule has 0 bridgehead atoms. The number of carbonyl (C=O) groups is 1. The largest absolute Gasteiger partial charge is 0.428 e. The van der Waals surface area contributed by atoms with Gasteiger partial charge in [-0.25, -0.2) is 0 Å². The summed E-state index contributed by atoms with van der Waals surface area (Å²) in [5.74, 6) is -1.28. The van der Waals surface area contributed by atoms with Gasteiger partial charge in [0, 0.05) is 17.4 Å². The smallest absolute Gasteiger partial charge is 0.349 e. The van der Waals surface area contributed by atoms with Crippen LogP contribution in [-0.4, -0.2) is 23.7 Å². The molecule has 1 N–H and O–H groups in total. The van der Waals surface area contributed by atoms with Crippen LogP contribution >= 0.6 is 0 Å². The van der Waals surface area contributed by atoms with Crippen molar-refractivity contribution < 1.29 is 18.0 Å². The second kappa shape index (κ2) is 5.41. The number of nitrogens with one attached hydrogen (secondary N) is 1. The second-order valence-electron chi connectivity index (χ2n) is 7.28. The van der Waals surface area contributed by atoms with Gasteiger partial charge < -0.3 is 5.32 Å². The van der Waals surface area contributed by atoms with Crippen LogP contribution in [0.15, 0.2) is 46.3 Å². The molecule has 3 atom stereocenters. The summed E-state index contributed by atoms with van der Waals surface area (Å²) in [5, 5.41) is 9.27. The Balaban J connectivity index is 1.97. The summed E-state index contributed by atoms with van der Waals surface area (Å²) in [6, 6.07) is 7.23. The van der Waals surface area contributed by atoms with Gasteiger partial charge in [-0.2, -0.15) is 23.4 Å². The van der Waals surface area contributed by atoms with Crippen molar-refractivity contribution in [3.63, 3.8) is 0 Å². The van der Waals surface area contributed by atoms with Crippen LogP contribution in [0.2, 0.25) is 0 Å². The maximum absolute atomic E-state index is 13.7. The summed E-state index contributed by atoms with van der Waals surface area (Å²) in [6.45, 7) is 7.00. The minimum Gasteiger partial charge on any atom is -0.349 e. The van der Waals surface area contributed by atoms with Gasteiger partial charge >= 0.3 is 6.18 Å². The lowest BCUT2D eigenvalue weighted by Gasteiger charge is -2.35. The Morgan fingerprint density at radius 3 is 2.40 bits per heavy atom. The Kier molecular flexibility index (Phi) is 3.82. The number of rotatable bonds is 2. The fraction of sp³-hybridized carbons (Fsp3) is 0.500. The normalized spacial score (nSPS) is 30.1. The first-order chi connectivity index (χ1) is 11.5. The van der Waals surface area contributed by atoms with Crippen molar-refractivity contribution in [3.05, 3.63) is 47.2 Å². The van der Waals surface area contributed by atoms with Gasteiger partial charge in [0.2, 0.25) is 0 Å². The number of fused-ring (bicyclic) bond motifs is 1. The lowest BCUT2D eigenvalue weighted by atomic mass is 9.80. The first-order valence-electron chi connectivity index (χ1n) is 8.10. The molecule has 0 aromatic heterocycles. The van der Waals surface area contributed by atoms with E-state index < -0.39 is 29.1 Å². The third-order valence-electron chi connectivity index (χ3n) is 5.48. The SMILES string of the molecule is CC1=CN=NC1(C(=O)NC1C(C)c2ccccc2C1(C)C)C(F)(F)F. The molecule has 2 aliphatic rings. The van der Waals surface area contributed by atoms with E-state index in [0.29, 0.717) is 0 Å². The number of alkyl halides is 3. The Labute approximate surface area is 144 Å². The van der Waals surface area contributed by atoms with E-state index in [4.69, 9.17) is 0 Å². The van der Waals surface area contributed by atoms with E-state index in [1.54, 1.807) is 0 Å². The standard InChI is InChI=1S/C18H20F3N3O/c1-10-9-22-24-17(10,18(19,20)21)15(25)23-14-11(2)12-7-5-6-8-13(12)16(14,3)4/h5-9,11,14H,1-4H3,(H,23,25). The van der Waals surface area contributed by atoms with Crippen molar-refractivity contribution in [2.45, 2.75) is 56.8 Å². The number of carbonyl (C=O) groups excluding carboxylic acids is 1. The van der Waals surface area contributed by atoms with Gasteiger partial charge in [0.05, 0.1) is 6.20 Å². The lowest BCUT2D eigenvalue weighted by Crippen LogP contribution is -2.59. The zero-order valence-corrected chi connectivity index (χ0v) is 14.5. The van der Waals surface area contributed by atoms with E-state index in [9.17, 15) is 18.0 Å². The molecule has 3 unspecified atom stereocenters.